The predicted molar refractivity (Wildman–Crippen MR) is 248 cm³/mol. The Morgan fingerprint density at radius 1 is 0.851 bits per heavy atom. The molecule has 6 N–H and O–H groups in total. The van der Waals surface area contributed by atoms with Gasteiger partial charge in [-0.05, 0) is 70.4 Å². The van der Waals surface area contributed by atoms with E-state index in [0.717, 1.165) is 47.2 Å². The summed E-state index contributed by atoms with van der Waals surface area (Å²) in [4.78, 5) is 89.2. The van der Waals surface area contributed by atoms with Gasteiger partial charge in [-0.15, -0.1) is 0 Å². The number of carbonyl (C=O) groups is 5. The topological polar surface area (TPSA) is 249 Å². The number of nitrogens with one attached hydrogen (secondary N) is 6. The molecule has 1 aliphatic carbocycles. The molecule has 20 heteroatoms. The second-order valence-electron chi connectivity index (χ2n) is 17.6. The van der Waals surface area contributed by atoms with E-state index in [1.165, 1.54) is 6.33 Å². The fourth-order valence-corrected chi connectivity index (χ4v) is 8.66. The van der Waals surface area contributed by atoms with Crippen LogP contribution in [0, 0.1) is 0 Å². The van der Waals surface area contributed by atoms with Crippen LogP contribution in [0.2, 0.25) is 0 Å². The van der Waals surface area contributed by atoms with Crippen molar-refractivity contribution in [3.63, 3.8) is 0 Å². The third-order valence-corrected chi connectivity index (χ3v) is 11.7. The van der Waals surface area contributed by atoms with Crippen molar-refractivity contribution in [2.24, 2.45) is 0 Å². The Balaban J connectivity index is 0.777. The largest absolute Gasteiger partial charge is 0.444 e. The lowest BCUT2D eigenvalue weighted by Crippen LogP contribution is -2.54. The third-order valence-electron chi connectivity index (χ3n) is 11.7. The molecule has 3 aliphatic rings. The van der Waals surface area contributed by atoms with Gasteiger partial charge in [-0.3, -0.25) is 34.2 Å². The number of imide groups is 2. The van der Waals surface area contributed by atoms with Crippen LogP contribution in [-0.4, -0.2) is 124 Å². The number of alkyl carbamates (subject to hydrolysis) is 1. The number of rotatable bonds is 19. The first-order valence-electron chi connectivity index (χ1n) is 22.7. The molecular formula is C47H56N10O10. The van der Waals surface area contributed by atoms with Gasteiger partial charge < -0.3 is 49.8 Å². The van der Waals surface area contributed by atoms with E-state index in [4.69, 9.17) is 23.9 Å². The van der Waals surface area contributed by atoms with E-state index in [1.807, 2.05) is 51.2 Å². The lowest BCUT2D eigenvalue weighted by Gasteiger charge is -2.33. The summed E-state index contributed by atoms with van der Waals surface area (Å²) < 4.78 is 24.9. The number of ether oxygens (including phenoxy) is 4. The molecule has 3 atom stereocenters. The van der Waals surface area contributed by atoms with E-state index in [0.29, 0.717) is 81.0 Å². The summed E-state index contributed by atoms with van der Waals surface area (Å²) in [6.45, 7) is 8.67. The Bertz CT molecular complexity index is 2710. The molecule has 5 heterocycles. The van der Waals surface area contributed by atoms with Crippen LogP contribution < -0.4 is 32.1 Å². The number of nitrogens with zero attached hydrogens (tertiary/aromatic N) is 4. The molecule has 354 valence electrons. The number of fused-ring (bicyclic) bond motifs is 3. The standard InChI is InChI=1S/C47H56N10O10/c1-47(2,3)67-46(63)53-32-10-5-4-9-31(32)51-37-26-34-40(43(60)50-27-49-34)41(54-37)52-30-11-7-13-35-28(30)16-18-56(35)19-21-65-23-25-66-24-22-64-20-17-48-33-12-6-8-29-39(33)45(62)57(44(29)61)36-14-15-38(58)55-42(36)59/h6-8,11-13,16,18,26-27,31-32,36,48H,4-5,9-10,14-15,17,19-25H2,1-3H3,(H,53,63)(H,49,50,60)(H2,51,52,54)(H,55,58,59)/t31-,32+,36?/m1/s1. The molecule has 8 rings (SSSR count). The first kappa shape index (κ1) is 46.6. The van der Waals surface area contributed by atoms with Gasteiger partial charge in [0.25, 0.3) is 17.4 Å². The first-order chi connectivity index (χ1) is 32.3. The maximum Gasteiger partial charge on any atom is 0.407 e. The second kappa shape index (κ2) is 20.7. The molecule has 0 bridgehead atoms. The minimum absolute atomic E-state index is 0.0524. The maximum absolute atomic E-state index is 13.3. The summed E-state index contributed by atoms with van der Waals surface area (Å²) >= 11 is 0. The monoisotopic (exact) mass is 920 g/mol. The van der Waals surface area contributed by atoms with Crippen LogP contribution in [0.5, 0.6) is 0 Å². The highest BCUT2D eigenvalue weighted by atomic mass is 16.6. The van der Waals surface area contributed by atoms with Gasteiger partial charge in [0.1, 0.15) is 28.7 Å². The number of benzene rings is 2. The molecule has 1 unspecified atom stereocenters. The van der Waals surface area contributed by atoms with Gasteiger partial charge in [0.15, 0.2) is 0 Å². The van der Waals surface area contributed by atoms with Gasteiger partial charge in [-0.2, -0.15) is 0 Å². The quantitative estimate of drug-likeness (QED) is 0.0480. The second-order valence-corrected chi connectivity index (χ2v) is 17.6. The van der Waals surface area contributed by atoms with Gasteiger partial charge in [-0.1, -0.05) is 25.0 Å². The molecule has 1 saturated heterocycles. The average molecular weight is 921 g/mol. The zero-order valence-electron chi connectivity index (χ0n) is 37.8. The highest BCUT2D eigenvalue weighted by Gasteiger charge is 2.45. The van der Waals surface area contributed by atoms with Crippen molar-refractivity contribution in [2.75, 3.05) is 62.1 Å². The van der Waals surface area contributed by atoms with Crippen LogP contribution >= 0.6 is 0 Å². The highest BCUT2D eigenvalue weighted by Crippen LogP contribution is 2.33. The van der Waals surface area contributed by atoms with Crippen LogP contribution in [0.15, 0.2) is 65.8 Å². The van der Waals surface area contributed by atoms with Gasteiger partial charge >= 0.3 is 6.09 Å². The predicted octanol–water partition coefficient (Wildman–Crippen LogP) is 4.83. The number of hydrogen-bond acceptors (Lipinski definition) is 15. The number of carbonyl (C=O) groups excluding carboxylic acids is 5. The van der Waals surface area contributed by atoms with Crippen molar-refractivity contribution >= 4 is 74.5 Å². The van der Waals surface area contributed by atoms with Gasteiger partial charge in [-0.25, -0.2) is 14.8 Å². The van der Waals surface area contributed by atoms with Crippen molar-refractivity contribution in [1.29, 1.82) is 0 Å². The lowest BCUT2D eigenvalue weighted by atomic mass is 9.90. The van der Waals surface area contributed by atoms with E-state index in [-0.39, 0.29) is 41.6 Å². The maximum atomic E-state index is 13.3. The van der Waals surface area contributed by atoms with Crippen LogP contribution in [0.25, 0.3) is 21.8 Å². The molecule has 3 aromatic heterocycles. The number of H-pyrrole nitrogens is 1. The number of aromatic nitrogens is 4. The summed E-state index contributed by atoms with van der Waals surface area (Å²) in [6, 6.07) is 13.2. The molecule has 0 spiro atoms. The minimum Gasteiger partial charge on any atom is -0.444 e. The number of amides is 5. The summed E-state index contributed by atoms with van der Waals surface area (Å²) in [7, 11) is 0. The summed E-state index contributed by atoms with van der Waals surface area (Å²) in [6.07, 6.45) is 6.61. The van der Waals surface area contributed by atoms with Crippen molar-refractivity contribution in [3.05, 3.63) is 82.5 Å². The van der Waals surface area contributed by atoms with Crippen molar-refractivity contribution in [3.8, 4) is 0 Å². The smallest absolute Gasteiger partial charge is 0.407 e. The molecule has 67 heavy (non-hydrogen) atoms. The van der Waals surface area contributed by atoms with E-state index in [2.05, 4.69) is 41.1 Å². The van der Waals surface area contributed by atoms with Gasteiger partial charge in [0, 0.05) is 54.6 Å². The van der Waals surface area contributed by atoms with Gasteiger partial charge in [0.2, 0.25) is 11.8 Å². The van der Waals surface area contributed by atoms with Crippen LogP contribution in [0.4, 0.5) is 27.8 Å². The van der Waals surface area contributed by atoms with E-state index >= 15 is 0 Å². The summed E-state index contributed by atoms with van der Waals surface area (Å²) in [5.41, 5.74) is 2.12. The Morgan fingerprint density at radius 2 is 1.58 bits per heavy atom. The molecule has 2 fully saturated rings. The molecule has 5 aromatic rings. The van der Waals surface area contributed by atoms with Gasteiger partial charge in [0.05, 0.1) is 74.2 Å². The minimum atomic E-state index is -1.03. The van der Waals surface area contributed by atoms with Crippen molar-refractivity contribution < 1.29 is 42.9 Å². The Kier molecular flexibility index (Phi) is 14.4. The average Bonchev–Trinajstić information content (AvgIpc) is 3.82. The zero-order chi connectivity index (χ0) is 47.1. The fraction of sp³-hybridized carbons (Fsp3) is 0.447. The van der Waals surface area contributed by atoms with Crippen LogP contribution in [0.1, 0.15) is 80.0 Å². The van der Waals surface area contributed by atoms with Crippen LogP contribution in [-0.2, 0) is 35.1 Å². The normalized spacial score (nSPS) is 18.6. The third kappa shape index (κ3) is 11.0. The SMILES string of the molecule is CC(C)(C)OC(=O)N[C@H]1CCCC[C@H]1Nc1cc2nc[nH]c(=O)c2c(Nc2cccc3c2ccn3CCOCCOCCOCCNc2cccc3c2C(=O)N(C2CCC(=O)NC2=O)C3=O)n1. The van der Waals surface area contributed by atoms with Crippen molar-refractivity contribution in [1.82, 2.24) is 35.1 Å². The Hall–Kier alpha value is -6.90. The van der Waals surface area contributed by atoms with Crippen LogP contribution in [0.3, 0.4) is 0 Å². The molecule has 5 amide bonds. The number of anilines is 4. The molecule has 1 saturated carbocycles. The highest BCUT2D eigenvalue weighted by molar-refractivity contribution is 6.25. The number of piperidine rings is 1. The molecule has 20 nitrogen and oxygen atoms in total. The first-order valence-corrected chi connectivity index (χ1v) is 22.7. The fourth-order valence-electron chi connectivity index (χ4n) is 8.66. The van der Waals surface area contributed by atoms with E-state index in [9.17, 15) is 28.8 Å². The number of pyridine rings is 1. The zero-order valence-corrected chi connectivity index (χ0v) is 37.8. The van der Waals surface area contributed by atoms with E-state index in [1.54, 1.807) is 24.3 Å². The van der Waals surface area contributed by atoms with E-state index < -0.39 is 41.4 Å². The summed E-state index contributed by atoms with van der Waals surface area (Å²) in [5, 5.41) is 16.6. The molecule has 2 aromatic carbocycles. The lowest BCUT2D eigenvalue weighted by molar-refractivity contribution is -0.136. The number of hydrogen-bond donors (Lipinski definition) is 6. The molecule has 2 aliphatic heterocycles. The summed E-state index contributed by atoms with van der Waals surface area (Å²) in [5.74, 6) is -1.34. The Morgan fingerprint density at radius 3 is 2.36 bits per heavy atom. The number of aromatic amines is 1. The Labute approximate surface area is 385 Å². The molecule has 0 radical (unpaired) electrons. The van der Waals surface area contributed by atoms with Crippen molar-refractivity contribution in [2.45, 2.75) is 89.6 Å². The molecular weight excluding hydrogens is 865 g/mol.